The molecule has 1 spiro atoms. The Morgan fingerprint density at radius 1 is 1.12 bits per heavy atom. The van der Waals surface area contributed by atoms with Crippen molar-refractivity contribution in [3.8, 4) is 0 Å². The van der Waals surface area contributed by atoms with Gasteiger partial charge in [0.2, 0.25) is 5.56 Å². The second kappa shape index (κ2) is 6.69. The van der Waals surface area contributed by atoms with Gasteiger partial charge in [0.05, 0.1) is 0 Å². The van der Waals surface area contributed by atoms with E-state index in [0.29, 0.717) is 5.56 Å². The number of amides is 1. The molecule has 0 saturated carbocycles. The Balaban J connectivity index is 1.72. The van der Waals surface area contributed by atoms with Gasteiger partial charge in [-0.1, -0.05) is 0 Å². The zero-order chi connectivity index (χ0) is 17.3. The smallest absolute Gasteiger partial charge is 0.254 e. The molecule has 0 bridgehead atoms. The number of nitrogens with zero attached hydrogens (tertiary/aromatic N) is 3. The average Bonchev–Trinajstić information content (AvgIpc) is 2.66. The van der Waals surface area contributed by atoms with Crippen molar-refractivity contribution in [2.75, 3.05) is 46.8 Å². The van der Waals surface area contributed by atoms with Crippen LogP contribution in [0.25, 0.3) is 0 Å². The predicted molar refractivity (Wildman–Crippen MR) is 94.4 cm³/mol. The standard InChI is InChI=1S/C18H28N4O2/c1-14-11-15(12-16(23)19-14)17(24)22-9-5-18(6-10-22)13-20(2)7-4-8-21(18)3/h11-12H,4-10,13H2,1-3H3,(H,19,23). The highest BCUT2D eigenvalue weighted by atomic mass is 16.2. The van der Waals surface area contributed by atoms with Gasteiger partial charge < -0.3 is 14.8 Å². The fourth-order valence-electron chi connectivity index (χ4n) is 4.17. The summed E-state index contributed by atoms with van der Waals surface area (Å²) in [4.78, 5) is 33.9. The van der Waals surface area contributed by atoms with E-state index in [1.54, 1.807) is 13.0 Å². The molecule has 24 heavy (non-hydrogen) atoms. The highest BCUT2D eigenvalue weighted by Crippen LogP contribution is 2.31. The van der Waals surface area contributed by atoms with E-state index in [4.69, 9.17) is 0 Å². The summed E-state index contributed by atoms with van der Waals surface area (Å²) in [6, 6.07) is 3.17. The van der Waals surface area contributed by atoms with Crippen molar-refractivity contribution in [3.63, 3.8) is 0 Å². The number of hydrogen-bond acceptors (Lipinski definition) is 4. The first-order chi connectivity index (χ1) is 11.4. The largest absolute Gasteiger partial charge is 0.339 e. The number of piperidine rings is 1. The minimum Gasteiger partial charge on any atom is -0.339 e. The summed E-state index contributed by atoms with van der Waals surface area (Å²) in [5, 5.41) is 0. The van der Waals surface area contributed by atoms with Crippen molar-refractivity contribution in [1.29, 1.82) is 0 Å². The molecule has 0 atom stereocenters. The zero-order valence-electron chi connectivity index (χ0n) is 15.0. The Kier molecular flexibility index (Phi) is 4.78. The second-order valence-corrected chi connectivity index (χ2v) is 7.45. The lowest BCUT2D eigenvalue weighted by Crippen LogP contribution is -2.58. The second-order valence-electron chi connectivity index (χ2n) is 7.45. The monoisotopic (exact) mass is 332 g/mol. The number of likely N-dealkylation sites (N-methyl/N-ethyl adjacent to an activating group) is 2. The molecule has 6 heteroatoms. The molecule has 1 N–H and O–H groups in total. The normalized spacial score (nSPS) is 22.5. The Morgan fingerprint density at radius 2 is 1.83 bits per heavy atom. The fraction of sp³-hybridized carbons (Fsp3) is 0.667. The van der Waals surface area contributed by atoms with E-state index in [1.807, 2.05) is 4.90 Å². The molecule has 2 fully saturated rings. The number of aromatic amines is 1. The minimum absolute atomic E-state index is 0.0244. The molecule has 132 valence electrons. The van der Waals surface area contributed by atoms with E-state index >= 15 is 0 Å². The topological polar surface area (TPSA) is 59.7 Å². The van der Waals surface area contributed by atoms with Crippen molar-refractivity contribution in [3.05, 3.63) is 33.7 Å². The Bertz CT molecular complexity index is 661. The van der Waals surface area contributed by atoms with Gasteiger partial charge in [-0.2, -0.15) is 0 Å². The van der Waals surface area contributed by atoms with Crippen LogP contribution in [0.2, 0.25) is 0 Å². The van der Waals surface area contributed by atoms with E-state index in [0.717, 1.165) is 51.3 Å². The van der Waals surface area contributed by atoms with Gasteiger partial charge in [-0.3, -0.25) is 14.5 Å². The SMILES string of the molecule is Cc1cc(C(=O)N2CCC3(CC2)CN(C)CCCN3C)cc(=O)[nH]1. The first-order valence-electron chi connectivity index (χ1n) is 8.80. The van der Waals surface area contributed by atoms with Crippen LogP contribution in [-0.2, 0) is 0 Å². The summed E-state index contributed by atoms with van der Waals surface area (Å²) in [7, 11) is 4.41. The third-order valence-electron chi connectivity index (χ3n) is 5.61. The molecular formula is C18H28N4O2. The van der Waals surface area contributed by atoms with Crippen molar-refractivity contribution < 1.29 is 4.79 Å². The predicted octanol–water partition coefficient (Wildman–Crippen LogP) is 0.925. The Morgan fingerprint density at radius 3 is 2.50 bits per heavy atom. The molecule has 0 aliphatic carbocycles. The summed E-state index contributed by atoms with van der Waals surface area (Å²) in [6.07, 6.45) is 3.17. The van der Waals surface area contributed by atoms with Crippen LogP contribution in [0.1, 0.15) is 35.3 Å². The van der Waals surface area contributed by atoms with E-state index in [1.165, 1.54) is 12.5 Å². The molecule has 2 saturated heterocycles. The molecule has 0 radical (unpaired) electrons. The molecule has 1 aromatic heterocycles. The van der Waals surface area contributed by atoms with Crippen LogP contribution in [-0.4, -0.2) is 77.9 Å². The number of aryl methyl sites for hydroxylation is 1. The highest BCUT2D eigenvalue weighted by molar-refractivity contribution is 5.94. The molecule has 0 unspecified atom stereocenters. The first kappa shape index (κ1) is 17.2. The van der Waals surface area contributed by atoms with Gasteiger partial charge >= 0.3 is 0 Å². The molecule has 0 aromatic carbocycles. The van der Waals surface area contributed by atoms with E-state index in [-0.39, 0.29) is 17.0 Å². The maximum absolute atomic E-state index is 12.7. The van der Waals surface area contributed by atoms with Crippen molar-refractivity contribution in [1.82, 2.24) is 19.7 Å². The van der Waals surface area contributed by atoms with Crippen LogP contribution in [0, 0.1) is 6.92 Å². The maximum Gasteiger partial charge on any atom is 0.254 e. The van der Waals surface area contributed by atoms with Crippen LogP contribution >= 0.6 is 0 Å². The number of hydrogen-bond donors (Lipinski definition) is 1. The summed E-state index contributed by atoms with van der Waals surface area (Å²) in [5.74, 6) is -0.0244. The molecule has 3 rings (SSSR count). The van der Waals surface area contributed by atoms with Crippen LogP contribution in [0.4, 0.5) is 0 Å². The number of H-pyrrole nitrogens is 1. The molecule has 3 heterocycles. The molecule has 1 aromatic rings. The fourth-order valence-corrected chi connectivity index (χ4v) is 4.17. The Hall–Kier alpha value is -1.66. The minimum atomic E-state index is -0.211. The Labute approximate surface area is 143 Å². The summed E-state index contributed by atoms with van der Waals surface area (Å²) < 4.78 is 0. The summed E-state index contributed by atoms with van der Waals surface area (Å²) in [5.41, 5.74) is 1.19. The molecule has 1 amide bonds. The third kappa shape index (κ3) is 3.39. The van der Waals surface area contributed by atoms with Gasteiger partial charge in [-0.15, -0.1) is 0 Å². The molecular weight excluding hydrogens is 304 g/mol. The zero-order valence-corrected chi connectivity index (χ0v) is 15.0. The van der Waals surface area contributed by atoms with Crippen molar-refractivity contribution >= 4 is 5.91 Å². The number of likely N-dealkylation sites (tertiary alicyclic amines) is 1. The van der Waals surface area contributed by atoms with Crippen LogP contribution < -0.4 is 5.56 Å². The highest BCUT2D eigenvalue weighted by Gasteiger charge is 2.41. The van der Waals surface area contributed by atoms with Gasteiger partial charge in [0.1, 0.15) is 0 Å². The molecule has 2 aliphatic heterocycles. The maximum atomic E-state index is 12.7. The van der Waals surface area contributed by atoms with Gasteiger partial charge in [-0.05, 0) is 59.4 Å². The first-order valence-corrected chi connectivity index (χ1v) is 8.80. The molecule has 6 nitrogen and oxygen atoms in total. The van der Waals surface area contributed by atoms with Gasteiger partial charge in [-0.25, -0.2) is 0 Å². The lowest BCUT2D eigenvalue weighted by atomic mass is 9.85. The van der Waals surface area contributed by atoms with Crippen molar-refractivity contribution in [2.24, 2.45) is 0 Å². The number of carbonyl (C=O) groups is 1. The van der Waals surface area contributed by atoms with Gasteiger partial charge in [0.25, 0.3) is 5.91 Å². The third-order valence-corrected chi connectivity index (χ3v) is 5.61. The summed E-state index contributed by atoms with van der Waals surface area (Å²) in [6.45, 7) is 6.63. The number of aromatic nitrogens is 1. The van der Waals surface area contributed by atoms with Gasteiger partial charge in [0.15, 0.2) is 0 Å². The average molecular weight is 332 g/mol. The van der Waals surface area contributed by atoms with Crippen LogP contribution in [0.15, 0.2) is 16.9 Å². The number of carbonyl (C=O) groups excluding carboxylic acids is 1. The van der Waals surface area contributed by atoms with Crippen molar-refractivity contribution in [2.45, 2.75) is 31.7 Å². The van der Waals surface area contributed by atoms with E-state index in [9.17, 15) is 9.59 Å². The quantitative estimate of drug-likeness (QED) is 0.831. The van der Waals surface area contributed by atoms with Crippen LogP contribution in [0.5, 0.6) is 0 Å². The molecule has 2 aliphatic rings. The van der Waals surface area contributed by atoms with E-state index < -0.39 is 0 Å². The lowest BCUT2D eigenvalue weighted by molar-refractivity contribution is 0.0282. The van der Waals surface area contributed by atoms with Crippen LogP contribution in [0.3, 0.4) is 0 Å². The lowest BCUT2D eigenvalue weighted by Gasteiger charge is -2.47. The van der Waals surface area contributed by atoms with E-state index in [2.05, 4.69) is 28.9 Å². The number of rotatable bonds is 1. The number of nitrogens with one attached hydrogen (secondary N) is 1. The summed E-state index contributed by atoms with van der Waals surface area (Å²) >= 11 is 0. The van der Waals surface area contributed by atoms with Gasteiger partial charge in [0, 0.05) is 42.5 Å². The number of pyridine rings is 1.